The van der Waals surface area contributed by atoms with E-state index in [1.165, 1.54) is 0 Å². The highest BCUT2D eigenvalue weighted by Gasteiger charge is 2.29. The van der Waals surface area contributed by atoms with Crippen molar-refractivity contribution in [1.82, 2.24) is 14.7 Å². The Balaban J connectivity index is 1.68. The molecular formula is C14H15N3O2. The number of aromatic nitrogens is 2. The number of rotatable bonds is 3. The predicted octanol–water partition coefficient (Wildman–Crippen LogP) is 0.748. The Kier molecular flexibility index (Phi) is 3.05. The molecule has 1 aliphatic heterocycles. The number of aliphatic hydroxyl groups is 1. The Morgan fingerprint density at radius 2 is 2.05 bits per heavy atom. The van der Waals surface area contributed by atoms with Crippen molar-refractivity contribution in [3.8, 4) is 0 Å². The molecule has 5 heteroatoms. The van der Waals surface area contributed by atoms with Crippen LogP contribution >= 0.6 is 0 Å². The molecule has 0 spiro atoms. The minimum atomic E-state index is -0.372. The zero-order chi connectivity index (χ0) is 13.2. The van der Waals surface area contributed by atoms with Crippen LogP contribution in [0.25, 0.3) is 0 Å². The first kappa shape index (κ1) is 11.9. The molecule has 0 atom stereocenters. The minimum Gasteiger partial charge on any atom is -0.389 e. The number of carbonyl (C=O) groups is 1. The van der Waals surface area contributed by atoms with Gasteiger partial charge in [0.15, 0.2) is 0 Å². The van der Waals surface area contributed by atoms with Crippen LogP contribution < -0.4 is 0 Å². The van der Waals surface area contributed by atoms with Gasteiger partial charge in [-0.1, -0.05) is 30.3 Å². The van der Waals surface area contributed by atoms with Crippen LogP contribution in [0.5, 0.6) is 0 Å². The van der Waals surface area contributed by atoms with Crippen molar-refractivity contribution >= 4 is 5.91 Å². The average Bonchev–Trinajstić information content (AvgIpc) is 2.84. The van der Waals surface area contributed by atoms with E-state index in [-0.39, 0.29) is 12.0 Å². The average molecular weight is 257 g/mol. The smallest absolute Gasteiger partial charge is 0.257 e. The third kappa shape index (κ3) is 2.51. The van der Waals surface area contributed by atoms with Crippen LogP contribution in [0, 0.1) is 0 Å². The van der Waals surface area contributed by atoms with Crippen molar-refractivity contribution in [2.45, 2.75) is 12.6 Å². The molecule has 0 saturated carbocycles. The molecule has 5 nitrogen and oxygen atoms in total. The number of β-amino-alcohol motifs (C(OH)–C–C–N with tert-alkyl or cyclic N) is 1. The summed E-state index contributed by atoms with van der Waals surface area (Å²) in [7, 11) is 0. The summed E-state index contributed by atoms with van der Waals surface area (Å²) in [6, 6.07) is 9.97. The molecule has 2 heterocycles. The molecule has 1 fully saturated rings. The van der Waals surface area contributed by atoms with Crippen LogP contribution in [0.1, 0.15) is 15.9 Å². The van der Waals surface area contributed by atoms with Crippen LogP contribution in [0.3, 0.4) is 0 Å². The number of aliphatic hydroxyl groups excluding tert-OH is 1. The van der Waals surface area contributed by atoms with Crippen molar-refractivity contribution in [1.29, 1.82) is 0 Å². The first-order valence-corrected chi connectivity index (χ1v) is 6.26. The van der Waals surface area contributed by atoms with Gasteiger partial charge in [0.1, 0.15) is 0 Å². The highest BCUT2D eigenvalue weighted by Crippen LogP contribution is 2.13. The van der Waals surface area contributed by atoms with Crippen LogP contribution in [-0.4, -0.2) is 44.9 Å². The molecule has 2 aromatic rings. The van der Waals surface area contributed by atoms with Gasteiger partial charge in [0.2, 0.25) is 0 Å². The molecule has 0 aliphatic carbocycles. The van der Waals surface area contributed by atoms with E-state index in [4.69, 9.17) is 0 Å². The maximum atomic E-state index is 12.0. The van der Waals surface area contributed by atoms with E-state index < -0.39 is 0 Å². The van der Waals surface area contributed by atoms with Gasteiger partial charge in [0.25, 0.3) is 5.91 Å². The molecular weight excluding hydrogens is 242 g/mol. The lowest BCUT2D eigenvalue weighted by Gasteiger charge is -2.35. The Morgan fingerprint density at radius 1 is 1.32 bits per heavy atom. The summed E-state index contributed by atoms with van der Waals surface area (Å²) in [6.07, 6.45) is 2.96. The molecule has 0 bridgehead atoms. The Labute approximate surface area is 111 Å². The van der Waals surface area contributed by atoms with Crippen molar-refractivity contribution in [2.24, 2.45) is 0 Å². The van der Waals surface area contributed by atoms with E-state index in [2.05, 4.69) is 5.10 Å². The van der Waals surface area contributed by atoms with Gasteiger partial charge >= 0.3 is 0 Å². The maximum absolute atomic E-state index is 12.0. The van der Waals surface area contributed by atoms with Crippen molar-refractivity contribution < 1.29 is 9.90 Å². The fraction of sp³-hybridized carbons (Fsp3) is 0.286. The van der Waals surface area contributed by atoms with Gasteiger partial charge in [-0.2, -0.15) is 5.10 Å². The Morgan fingerprint density at radius 3 is 2.74 bits per heavy atom. The Bertz CT molecular complexity index is 573. The van der Waals surface area contributed by atoms with E-state index in [1.807, 2.05) is 30.3 Å². The predicted molar refractivity (Wildman–Crippen MR) is 69.7 cm³/mol. The molecule has 1 aromatic heterocycles. The summed E-state index contributed by atoms with van der Waals surface area (Å²) in [6.45, 7) is 1.49. The highest BCUT2D eigenvalue weighted by atomic mass is 16.3. The van der Waals surface area contributed by atoms with E-state index >= 15 is 0 Å². The van der Waals surface area contributed by atoms with Crippen LogP contribution in [0.15, 0.2) is 42.7 Å². The zero-order valence-corrected chi connectivity index (χ0v) is 10.4. The molecule has 1 N–H and O–H groups in total. The lowest BCUT2D eigenvalue weighted by Crippen LogP contribution is -2.53. The molecule has 1 aliphatic rings. The molecule has 0 unspecified atom stereocenters. The van der Waals surface area contributed by atoms with Gasteiger partial charge in [0, 0.05) is 19.3 Å². The maximum Gasteiger partial charge on any atom is 0.257 e. The van der Waals surface area contributed by atoms with Gasteiger partial charge in [-0.05, 0) is 5.56 Å². The van der Waals surface area contributed by atoms with E-state index in [9.17, 15) is 9.90 Å². The summed E-state index contributed by atoms with van der Waals surface area (Å²) in [5, 5.41) is 13.4. The van der Waals surface area contributed by atoms with Gasteiger partial charge in [-0.25, -0.2) is 0 Å². The summed E-state index contributed by atoms with van der Waals surface area (Å²) in [4.78, 5) is 13.6. The fourth-order valence-corrected chi connectivity index (χ4v) is 2.13. The molecule has 0 radical (unpaired) electrons. The van der Waals surface area contributed by atoms with Crippen molar-refractivity contribution in [3.63, 3.8) is 0 Å². The zero-order valence-electron chi connectivity index (χ0n) is 10.4. The van der Waals surface area contributed by atoms with Crippen LogP contribution in [0.4, 0.5) is 0 Å². The molecule has 1 amide bonds. The fourth-order valence-electron chi connectivity index (χ4n) is 2.13. The number of carbonyl (C=O) groups excluding carboxylic acids is 1. The van der Waals surface area contributed by atoms with Gasteiger partial charge in [0.05, 0.1) is 24.4 Å². The standard InChI is InChI=1S/C14H15N3O2/c18-13-9-16(10-13)14(19)12-6-15-17(8-12)7-11-4-2-1-3-5-11/h1-6,8,13,18H,7,9-10H2. The quantitative estimate of drug-likeness (QED) is 0.882. The lowest BCUT2D eigenvalue weighted by atomic mass is 10.1. The monoisotopic (exact) mass is 257 g/mol. The van der Waals surface area contributed by atoms with Crippen molar-refractivity contribution in [3.05, 3.63) is 53.9 Å². The summed E-state index contributed by atoms with van der Waals surface area (Å²) >= 11 is 0. The second kappa shape index (κ2) is 4.85. The first-order chi connectivity index (χ1) is 9.22. The first-order valence-electron chi connectivity index (χ1n) is 6.26. The Hall–Kier alpha value is -2.14. The normalized spacial score (nSPS) is 15.3. The van der Waals surface area contributed by atoms with Gasteiger partial charge in [-0.15, -0.1) is 0 Å². The molecule has 1 aromatic carbocycles. The lowest BCUT2D eigenvalue weighted by molar-refractivity contribution is 0.00589. The molecule has 1 saturated heterocycles. The SMILES string of the molecule is O=C(c1cnn(Cc2ccccc2)c1)N1CC(O)C1. The second-order valence-electron chi connectivity index (χ2n) is 4.78. The number of likely N-dealkylation sites (tertiary alicyclic amines) is 1. The number of hydrogen-bond acceptors (Lipinski definition) is 3. The van der Waals surface area contributed by atoms with E-state index in [0.29, 0.717) is 25.2 Å². The topological polar surface area (TPSA) is 58.4 Å². The molecule has 19 heavy (non-hydrogen) atoms. The minimum absolute atomic E-state index is 0.0652. The third-order valence-corrected chi connectivity index (χ3v) is 3.22. The number of benzene rings is 1. The summed E-state index contributed by atoms with van der Waals surface area (Å²) in [5.41, 5.74) is 1.71. The second-order valence-corrected chi connectivity index (χ2v) is 4.78. The number of nitrogens with zero attached hydrogens (tertiary/aromatic N) is 3. The van der Waals surface area contributed by atoms with Crippen LogP contribution in [-0.2, 0) is 6.54 Å². The third-order valence-electron chi connectivity index (χ3n) is 3.22. The summed E-state index contributed by atoms with van der Waals surface area (Å²) in [5.74, 6) is -0.0652. The molecule has 3 rings (SSSR count). The van der Waals surface area contributed by atoms with Crippen LogP contribution in [0.2, 0.25) is 0 Å². The number of amides is 1. The molecule has 98 valence electrons. The van der Waals surface area contributed by atoms with Gasteiger partial charge < -0.3 is 10.0 Å². The highest BCUT2D eigenvalue weighted by molar-refractivity contribution is 5.94. The van der Waals surface area contributed by atoms with E-state index in [0.717, 1.165) is 5.56 Å². The van der Waals surface area contributed by atoms with Gasteiger partial charge in [-0.3, -0.25) is 9.48 Å². The van der Waals surface area contributed by atoms with E-state index in [1.54, 1.807) is 22.0 Å². The largest absolute Gasteiger partial charge is 0.389 e. The van der Waals surface area contributed by atoms with Crippen molar-refractivity contribution in [2.75, 3.05) is 13.1 Å². The number of hydrogen-bond donors (Lipinski definition) is 1. The summed E-state index contributed by atoms with van der Waals surface area (Å²) < 4.78 is 1.75.